The molecule has 6 heteroatoms. The first-order valence-corrected chi connectivity index (χ1v) is 11.4. The van der Waals surface area contributed by atoms with Crippen LogP contribution in [0.3, 0.4) is 0 Å². The van der Waals surface area contributed by atoms with Crippen LogP contribution in [0.25, 0.3) is 16.6 Å². The number of amides is 1. The van der Waals surface area contributed by atoms with Gasteiger partial charge < -0.3 is 5.32 Å². The summed E-state index contributed by atoms with van der Waals surface area (Å²) in [7, 11) is 0. The Kier molecular flexibility index (Phi) is 6.15. The molecular formula is C26H25N3O2S. The fourth-order valence-electron chi connectivity index (χ4n) is 3.77. The van der Waals surface area contributed by atoms with Crippen LogP contribution in [0.1, 0.15) is 22.3 Å². The smallest absolute Gasteiger partial charge is 0.266 e. The molecular weight excluding hydrogens is 418 g/mol. The lowest BCUT2D eigenvalue weighted by Crippen LogP contribution is -2.23. The molecule has 4 rings (SSSR count). The molecule has 1 N–H and O–H groups in total. The molecule has 32 heavy (non-hydrogen) atoms. The molecule has 0 saturated heterocycles. The maximum Gasteiger partial charge on any atom is 0.266 e. The van der Waals surface area contributed by atoms with Crippen molar-refractivity contribution in [3.8, 4) is 5.69 Å². The van der Waals surface area contributed by atoms with Crippen LogP contribution < -0.4 is 10.9 Å². The first-order chi connectivity index (χ1) is 15.3. The average Bonchev–Trinajstić information content (AvgIpc) is 2.74. The SMILES string of the molecule is Cc1cc(C)cc(NC(=O)CSc2nc3ccccc3c(=O)n2-c2cccc(C)c2C)c1. The van der Waals surface area contributed by atoms with Crippen molar-refractivity contribution in [2.45, 2.75) is 32.9 Å². The Balaban J connectivity index is 1.70. The van der Waals surface area contributed by atoms with Crippen molar-refractivity contribution < 1.29 is 4.79 Å². The summed E-state index contributed by atoms with van der Waals surface area (Å²) in [6.45, 7) is 8.01. The molecule has 0 aliphatic carbocycles. The molecule has 162 valence electrons. The number of fused-ring (bicyclic) bond motifs is 1. The van der Waals surface area contributed by atoms with E-state index in [4.69, 9.17) is 4.98 Å². The molecule has 0 radical (unpaired) electrons. The lowest BCUT2D eigenvalue weighted by molar-refractivity contribution is -0.113. The number of carbonyl (C=O) groups excluding carboxylic acids is 1. The summed E-state index contributed by atoms with van der Waals surface area (Å²) in [6, 6.07) is 19.1. The van der Waals surface area contributed by atoms with Crippen molar-refractivity contribution >= 4 is 34.3 Å². The van der Waals surface area contributed by atoms with Crippen molar-refractivity contribution in [2.75, 3.05) is 11.1 Å². The van der Waals surface area contributed by atoms with Gasteiger partial charge in [-0.2, -0.15) is 0 Å². The van der Waals surface area contributed by atoms with E-state index in [1.807, 2.05) is 76.2 Å². The second-order valence-electron chi connectivity index (χ2n) is 7.98. The van der Waals surface area contributed by atoms with Gasteiger partial charge in [0.25, 0.3) is 5.56 Å². The number of rotatable bonds is 5. The van der Waals surface area contributed by atoms with Crippen molar-refractivity contribution in [3.63, 3.8) is 0 Å². The van der Waals surface area contributed by atoms with E-state index in [0.29, 0.717) is 16.1 Å². The number of nitrogens with zero attached hydrogens (tertiary/aromatic N) is 2. The van der Waals surface area contributed by atoms with Crippen molar-refractivity contribution in [3.05, 3.63) is 93.3 Å². The summed E-state index contributed by atoms with van der Waals surface area (Å²) in [5, 5.41) is 4.00. The van der Waals surface area contributed by atoms with E-state index in [9.17, 15) is 9.59 Å². The van der Waals surface area contributed by atoms with Gasteiger partial charge in [0.1, 0.15) is 0 Å². The normalized spacial score (nSPS) is 11.0. The largest absolute Gasteiger partial charge is 0.325 e. The molecule has 0 aliphatic heterocycles. The third kappa shape index (κ3) is 4.46. The van der Waals surface area contributed by atoms with E-state index in [1.165, 1.54) is 11.8 Å². The Morgan fingerprint density at radius 2 is 1.69 bits per heavy atom. The monoisotopic (exact) mass is 443 g/mol. The molecule has 0 fully saturated rings. The van der Waals surface area contributed by atoms with Gasteiger partial charge >= 0.3 is 0 Å². The molecule has 0 atom stereocenters. The number of nitrogens with one attached hydrogen (secondary N) is 1. The highest BCUT2D eigenvalue weighted by molar-refractivity contribution is 7.99. The predicted molar refractivity (Wildman–Crippen MR) is 132 cm³/mol. The number of aryl methyl sites for hydroxylation is 3. The van der Waals surface area contributed by atoms with Crippen LogP contribution in [-0.4, -0.2) is 21.2 Å². The molecule has 1 amide bonds. The standard InChI is InChI=1S/C26H25N3O2S/c1-16-12-17(2)14-20(13-16)27-24(30)15-32-26-28-22-10-6-5-9-21(22)25(31)29(26)23-11-7-8-18(3)19(23)4/h5-14H,15H2,1-4H3,(H,27,30). The number of hydrogen-bond donors (Lipinski definition) is 1. The zero-order chi connectivity index (χ0) is 22.8. The summed E-state index contributed by atoms with van der Waals surface area (Å²) >= 11 is 1.26. The van der Waals surface area contributed by atoms with E-state index in [-0.39, 0.29) is 17.2 Å². The number of benzene rings is 3. The first-order valence-electron chi connectivity index (χ1n) is 10.4. The molecule has 0 spiro atoms. The van der Waals surface area contributed by atoms with Gasteiger partial charge in [0.05, 0.1) is 22.3 Å². The van der Waals surface area contributed by atoms with E-state index in [2.05, 4.69) is 11.4 Å². The van der Waals surface area contributed by atoms with Crippen LogP contribution in [-0.2, 0) is 4.79 Å². The van der Waals surface area contributed by atoms with Crippen LogP contribution in [0.4, 0.5) is 5.69 Å². The Morgan fingerprint density at radius 1 is 0.969 bits per heavy atom. The zero-order valence-corrected chi connectivity index (χ0v) is 19.4. The lowest BCUT2D eigenvalue weighted by atomic mass is 10.1. The molecule has 4 aromatic rings. The highest BCUT2D eigenvalue weighted by atomic mass is 32.2. The predicted octanol–water partition coefficient (Wildman–Crippen LogP) is 5.35. The Bertz CT molecular complexity index is 1370. The summed E-state index contributed by atoms with van der Waals surface area (Å²) in [4.78, 5) is 30.8. The van der Waals surface area contributed by atoms with E-state index >= 15 is 0 Å². The van der Waals surface area contributed by atoms with Gasteiger partial charge in [0, 0.05) is 5.69 Å². The average molecular weight is 444 g/mol. The number of hydrogen-bond acceptors (Lipinski definition) is 4. The number of anilines is 1. The molecule has 1 aromatic heterocycles. The maximum absolute atomic E-state index is 13.4. The fourth-order valence-corrected chi connectivity index (χ4v) is 4.58. The quantitative estimate of drug-likeness (QED) is 0.334. The van der Waals surface area contributed by atoms with Crippen LogP contribution in [0, 0.1) is 27.7 Å². The topological polar surface area (TPSA) is 64.0 Å². The zero-order valence-electron chi connectivity index (χ0n) is 18.6. The van der Waals surface area contributed by atoms with Gasteiger partial charge in [-0.25, -0.2) is 4.98 Å². The fraction of sp³-hybridized carbons (Fsp3) is 0.192. The van der Waals surface area contributed by atoms with Gasteiger partial charge in [-0.3, -0.25) is 14.2 Å². The minimum absolute atomic E-state index is 0.137. The molecule has 0 bridgehead atoms. The van der Waals surface area contributed by atoms with Crippen molar-refractivity contribution in [1.82, 2.24) is 9.55 Å². The Labute approximate surface area is 191 Å². The van der Waals surface area contributed by atoms with Crippen molar-refractivity contribution in [1.29, 1.82) is 0 Å². The summed E-state index contributed by atoms with van der Waals surface area (Å²) in [5.41, 5.74) is 6.31. The lowest BCUT2D eigenvalue weighted by Gasteiger charge is -2.16. The van der Waals surface area contributed by atoms with Crippen LogP contribution in [0.2, 0.25) is 0 Å². The van der Waals surface area contributed by atoms with Gasteiger partial charge in [0.15, 0.2) is 5.16 Å². The molecule has 5 nitrogen and oxygen atoms in total. The second kappa shape index (κ2) is 9.01. The van der Waals surface area contributed by atoms with Crippen LogP contribution in [0.5, 0.6) is 0 Å². The molecule has 1 heterocycles. The van der Waals surface area contributed by atoms with Gasteiger partial charge in [-0.05, 0) is 80.3 Å². The number of para-hydroxylation sites is 1. The maximum atomic E-state index is 13.4. The van der Waals surface area contributed by atoms with Crippen LogP contribution in [0.15, 0.2) is 70.6 Å². The highest BCUT2D eigenvalue weighted by Gasteiger charge is 2.16. The van der Waals surface area contributed by atoms with Crippen LogP contribution >= 0.6 is 11.8 Å². The molecule has 0 aliphatic rings. The number of aromatic nitrogens is 2. The Morgan fingerprint density at radius 3 is 2.44 bits per heavy atom. The minimum Gasteiger partial charge on any atom is -0.325 e. The molecule has 0 unspecified atom stereocenters. The van der Waals surface area contributed by atoms with Gasteiger partial charge in [-0.15, -0.1) is 0 Å². The third-order valence-electron chi connectivity index (χ3n) is 5.40. The van der Waals surface area contributed by atoms with E-state index < -0.39 is 0 Å². The van der Waals surface area contributed by atoms with Gasteiger partial charge in [-0.1, -0.05) is 42.1 Å². The first kappa shape index (κ1) is 21.8. The number of thioether (sulfide) groups is 1. The molecule has 3 aromatic carbocycles. The highest BCUT2D eigenvalue weighted by Crippen LogP contribution is 2.25. The van der Waals surface area contributed by atoms with E-state index in [0.717, 1.165) is 33.6 Å². The summed E-state index contributed by atoms with van der Waals surface area (Å²) < 4.78 is 1.62. The van der Waals surface area contributed by atoms with E-state index in [1.54, 1.807) is 10.6 Å². The second-order valence-corrected chi connectivity index (χ2v) is 8.93. The summed E-state index contributed by atoms with van der Waals surface area (Å²) in [6.07, 6.45) is 0. The minimum atomic E-state index is -0.144. The Hall–Kier alpha value is -3.38. The van der Waals surface area contributed by atoms with Gasteiger partial charge in [0.2, 0.25) is 5.91 Å². The summed E-state index contributed by atoms with van der Waals surface area (Å²) in [5.74, 6) is -0.00209. The third-order valence-corrected chi connectivity index (χ3v) is 6.34. The molecule has 0 saturated carbocycles. The number of carbonyl (C=O) groups is 1. The van der Waals surface area contributed by atoms with Crippen molar-refractivity contribution in [2.24, 2.45) is 0 Å².